The maximum absolute atomic E-state index is 9.87. The molecule has 0 radical (unpaired) electrons. The number of aliphatic hydroxyl groups excluding tert-OH is 1. The van der Waals surface area contributed by atoms with E-state index in [9.17, 15) is 5.11 Å². The van der Waals surface area contributed by atoms with Crippen LogP contribution in [0.1, 0.15) is 47.0 Å². The van der Waals surface area contributed by atoms with E-state index in [-0.39, 0.29) is 12.0 Å². The van der Waals surface area contributed by atoms with Gasteiger partial charge in [0.2, 0.25) is 0 Å². The van der Waals surface area contributed by atoms with Crippen LogP contribution in [0.5, 0.6) is 0 Å². The van der Waals surface area contributed by atoms with Crippen LogP contribution in [-0.2, 0) is 4.74 Å². The van der Waals surface area contributed by atoms with Crippen molar-refractivity contribution in [3.8, 4) is 0 Å². The summed E-state index contributed by atoms with van der Waals surface area (Å²) in [6, 6.07) is 0. The quantitative estimate of drug-likeness (QED) is 0.725. The number of hydrogen-bond donors (Lipinski definition) is 1. The van der Waals surface area contributed by atoms with Gasteiger partial charge in [-0.2, -0.15) is 0 Å². The minimum absolute atomic E-state index is 0.173. The maximum Gasteiger partial charge on any atom is 0.121 e. The van der Waals surface area contributed by atoms with Crippen molar-refractivity contribution >= 4 is 0 Å². The first-order valence-corrected chi connectivity index (χ1v) is 6.34. The molecule has 1 aliphatic carbocycles. The zero-order valence-electron chi connectivity index (χ0n) is 10.9. The van der Waals surface area contributed by atoms with Crippen molar-refractivity contribution in [3.05, 3.63) is 23.0 Å². The molecule has 2 heteroatoms. The van der Waals surface area contributed by atoms with E-state index >= 15 is 0 Å². The highest BCUT2D eigenvalue weighted by molar-refractivity contribution is 5.36. The van der Waals surface area contributed by atoms with Gasteiger partial charge in [-0.15, -0.1) is 0 Å². The van der Waals surface area contributed by atoms with Gasteiger partial charge in [0.1, 0.15) is 5.76 Å². The molecule has 1 rings (SSSR count). The van der Waals surface area contributed by atoms with Crippen LogP contribution >= 0.6 is 0 Å². The number of rotatable bonds is 5. The summed E-state index contributed by atoms with van der Waals surface area (Å²) in [5, 5.41) is 9.87. The first kappa shape index (κ1) is 13.3. The molecule has 92 valence electrons. The Kier molecular flexibility index (Phi) is 5.07. The summed E-state index contributed by atoms with van der Waals surface area (Å²) in [6.45, 7) is 9.16. The Morgan fingerprint density at radius 1 is 1.38 bits per heavy atom. The van der Waals surface area contributed by atoms with Crippen molar-refractivity contribution in [1.29, 1.82) is 0 Å². The first-order valence-electron chi connectivity index (χ1n) is 6.34. The number of ether oxygens (including phenoxy) is 1. The topological polar surface area (TPSA) is 29.5 Å². The zero-order chi connectivity index (χ0) is 12.1. The lowest BCUT2D eigenvalue weighted by molar-refractivity contribution is 0.155. The summed E-state index contributed by atoms with van der Waals surface area (Å²) in [5.74, 6) is 1.20. The molecule has 16 heavy (non-hydrogen) atoms. The van der Waals surface area contributed by atoms with Crippen LogP contribution in [-0.4, -0.2) is 17.8 Å². The van der Waals surface area contributed by atoms with Crippen LogP contribution in [0.15, 0.2) is 23.0 Å². The van der Waals surface area contributed by atoms with Crippen molar-refractivity contribution in [2.75, 3.05) is 6.61 Å². The summed E-state index contributed by atoms with van der Waals surface area (Å²) in [5.41, 5.74) is 2.34. The highest BCUT2D eigenvalue weighted by Gasteiger charge is 2.25. The van der Waals surface area contributed by atoms with Gasteiger partial charge in [-0.3, -0.25) is 0 Å². The molecule has 1 aliphatic rings. The van der Waals surface area contributed by atoms with Crippen molar-refractivity contribution in [2.24, 2.45) is 5.92 Å². The van der Waals surface area contributed by atoms with Gasteiger partial charge >= 0.3 is 0 Å². The van der Waals surface area contributed by atoms with Gasteiger partial charge in [0, 0.05) is 5.92 Å². The lowest BCUT2D eigenvalue weighted by Gasteiger charge is -2.28. The van der Waals surface area contributed by atoms with Gasteiger partial charge < -0.3 is 9.84 Å². The molecule has 2 atom stereocenters. The fraction of sp³-hybridized carbons (Fsp3) is 0.714. The molecule has 2 nitrogen and oxygen atoms in total. The lowest BCUT2D eigenvalue weighted by Crippen LogP contribution is -2.23. The minimum atomic E-state index is -0.353. The zero-order valence-corrected chi connectivity index (χ0v) is 10.9. The molecular formula is C14H24O2. The Hall–Kier alpha value is -0.760. The second-order valence-electron chi connectivity index (χ2n) is 4.54. The summed E-state index contributed by atoms with van der Waals surface area (Å²) in [6.07, 6.45) is 4.75. The van der Waals surface area contributed by atoms with E-state index < -0.39 is 0 Å². The highest BCUT2D eigenvalue weighted by atomic mass is 16.5. The molecule has 0 bridgehead atoms. The third-order valence-electron chi connectivity index (χ3n) is 3.34. The average molecular weight is 224 g/mol. The molecule has 0 amide bonds. The van der Waals surface area contributed by atoms with Gasteiger partial charge in [0.15, 0.2) is 0 Å². The predicted octanol–water partition coefficient (Wildman–Crippen LogP) is 3.42. The van der Waals surface area contributed by atoms with Crippen LogP contribution in [0.2, 0.25) is 0 Å². The number of hydrogen-bond acceptors (Lipinski definition) is 2. The molecule has 0 aromatic heterocycles. The number of aliphatic hydroxyl groups is 1. The molecule has 1 N–H and O–H groups in total. The Labute approximate surface area is 99.0 Å². The van der Waals surface area contributed by atoms with E-state index in [0.29, 0.717) is 0 Å². The molecule has 0 heterocycles. The Morgan fingerprint density at radius 3 is 2.62 bits per heavy atom. The van der Waals surface area contributed by atoms with Crippen LogP contribution in [0, 0.1) is 5.92 Å². The van der Waals surface area contributed by atoms with Gasteiger partial charge in [0.25, 0.3) is 0 Å². The molecular weight excluding hydrogens is 200 g/mol. The molecule has 0 aromatic carbocycles. The summed E-state index contributed by atoms with van der Waals surface area (Å²) in [4.78, 5) is 0. The third-order valence-corrected chi connectivity index (χ3v) is 3.34. The third kappa shape index (κ3) is 2.88. The predicted molar refractivity (Wildman–Crippen MR) is 67.1 cm³/mol. The van der Waals surface area contributed by atoms with Gasteiger partial charge in [0.05, 0.1) is 12.7 Å². The fourth-order valence-electron chi connectivity index (χ4n) is 1.95. The molecule has 0 saturated heterocycles. The standard InChI is InChI=1S/C14H24O2/c1-5-7-8-16-14-11(4)10(3)13(15)9-12(14)6-2/h9-10,13,15H,5-8H2,1-4H3. The fourth-order valence-corrected chi connectivity index (χ4v) is 1.95. The molecule has 2 unspecified atom stereocenters. The molecule has 0 fully saturated rings. The average Bonchev–Trinajstić information content (AvgIpc) is 2.29. The van der Waals surface area contributed by atoms with Crippen molar-refractivity contribution in [3.63, 3.8) is 0 Å². The van der Waals surface area contributed by atoms with Crippen LogP contribution in [0.25, 0.3) is 0 Å². The Balaban J connectivity index is 2.79. The molecule has 0 spiro atoms. The van der Waals surface area contributed by atoms with Gasteiger partial charge in [-0.1, -0.05) is 27.2 Å². The van der Waals surface area contributed by atoms with E-state index in [4.69, 9.17) is 4.74 Å². The number of unbranched alkanes of at least 4 members (excludes halogenated alkanes) is 1. The van der Waals surface area contributed by atoms with Gasteiger partial charge in [-0.05, 0) is 37.0 Å². The summed E-state index contributed by atoms with van der Waals surface area (Å²) >= 11 is 0. The number of allylic oxidation sites excluding steroid dienone is 1. The molecule has 0 aliphatic heterocycles. The first-order chi connectivity index (χ1) is 7.61. The van der Waals surface area contributed by atoms with Crippen molar-refractivity contribution < 1.29 is 9.84 Å². The lowest BCUT2D eigenvalue weighted by atomic mass is 9.86. The van der Waals surface area contributed by atoms with E-state index in [0.717, 1.165) is 37.2 Å². The SMILES string of the molecule is CCCCOC1=C(C)C(C)C(O)C=C1CC. The summed E-state index contributed by atoms with van der Waals surface area (Å²) in [7, 11) is 0. The largest absolute Gasteiger partial charge is 0.493 e. The van der Waals surface area contributed by atoms with E-state index in [1.54, 1.807) is 0 Å². The second kappa shape index (κ2) is 6.09. The Morgan fingerprint density at radius 2 is 2.06 bits per heavy atom. The van der Waals surface area contributed by atoms with E-state index in [2.05, 4.69) is 20.8 Å². The highest BCUT2D eigenvalue weighted by Crippen LogP contribution is 2.32. The van der Waals surface area contributed by atoms with Crippen LogP contribution in [0.4, 0.5) is 0 Å². The van der Waals surface area contributed by atoms with Crippen LogP contribution < -0.4 is 0 Å². The Bertz CT molecular complexity index is 289. The normalized spacial score (nSPS) is 25.7. The van der Waals surface area contributed by atoms with Crippen LogP contribution in [0.3, 0.4) is 0 Å². The van der Waals surface area contributed by atoms with Crippen molar-refractivity contribution in [1.82, 2.24) is 0 Å². The maximum atomic E-state index is 9.87. The molecule has 0 saturated carbocycles. The van der Waals surface area contributed by atoms with Crippen molar-refractivity contribution in [2.45, 2.75) is 53.1 Å². The van der Waals surface area contributed by atoms with Gasteiger partial charge in [-0.25, -0.2) is 0 Å². The van der Waals surface area contributed by atoms with E-state index in [1.807, 2.05) is 13.0 Å². The minimum Gasteiger partial charge on any atom is -0.493 e. The molecule has 0 aromatic rings. The second-order valence-corrected chi connectivity index (χ2v) is 4.54. The summed E-state index contributed by atoms with van der Waals surface area (Å²) < 4.78 is 5.86. The smallest absolute Gasteiger partial charge is 0.121 e. The van der Waals surface area contributed by atoms with E-state index in [1.165, 1.54) is 5.57 Å². The monoisotopic (exact) mass is 224 g/mol.